The van der Waals surface area contributed by atoms with E-state index in [0.717, 1.165) is 12.6 Å². The topological polar surface area (TPSA) is 15.3 Å². The molecule has 1 heterocycles. The molecule has 0 bridgehead atoms. The van der Waals surface area contributed by atoms with Crippen molar-refractivity contribution in [2.75, 3.05) is 13.1 Å². The second kappa shape index (κ2) is 8.92. The van der Waals surface area contributed by atoms with Gasteiger partial charge in [-0.1, -0.05) is 33.1 Å². The van der Waals surface area contributed by atoms with E-state index in [1.807, 2.05) is 0 Å². The van der Waals surface area contributed by atoms with Crippen molar-refractivity contribution >= 4 is 0 Å². The van der Waals surface area contributed by atoms with Crippen molar-refractivity contribution in [1.82, 2.24) is 10.2 Å². The molecule has 0 aromatic heterocycles. The third-order valence-electron chi connectivity index (χ3n) is 4.44. The van der Waals surface area contributed by atoms with Crippen LogP contribution in [-0.2, 0) is 0 Å². The van der Waals surface area contributed by atoms with Crippen LogP contribution in [0.15, 0.2) is 0 Å². The monoisotopic (exact) mass is 254 g/mol. The number of hydrogen-bond acceptors (Lipinski definition) is 2. The summed E-state index contributed by atoms with van der Waals surface area (Å²) < 4.78 is 0. The summed E-state index contributed by atoms with van der Waals surface area (Å²) in [6, 6.07) is 2.18. The number of nitrogens with zero attached hydrogens (tertiary/aromatic N) is 1. The van der Waals surface area contributed by atoms with Gasteiger partial charge in [-0.15, -0.1) is 0 Å². The van der Waals surface area contributed by atoms with Gasteiger partial charge in [-0.3, -0.25) is 4.90 Å². The van der Waals surface area contributed by atoms with Crippen LogP contribution in [0.5, 0.6) is 0 Å². The molecule has 1 N–H and O–H groups in total. The van der Waals surface area contributed by atoms with Gasteiger partial charge in [-0.25, -0.2) is 0 Å². The Hall–Kier alpha value is -0.0800. The first kappa shape index (κ1) is 16.0. The third kappa shape index (κ3) is 5.27. The van der Waals surface area contributed by atoms with Crippen LogP contribution >= 0.6 is 0 Å². The maximum Gasteiger partial charge on any atom is 0.0195 e. The fraction of sp³-hybridized carbons (Fsp3) is 1.00. The van der Waals surface area contributed by atoms with Gasteiger partial charge in [0.2, 0.25) is 0 Å². The second-order valence-corrected chi connectivity index (χ2v) is 6.10. The van der Waals surface area contributed by atoms with Crippen molar-refractivity contribution in [1.29, 1.82) is 0 Å². The molecule has 0 spiro atoms. The molecule has 1 aliphatic heterocycles. The van der Waals surface area contributed by atoms with E-state index in [9.17, 15) is 0 Å². The van der Waals surface area contributed by atoms with Crippen molar-refractivity contribution in [3.8, 4) is 0 Å². The van der Waals surface area contributed by atoms with E-state index in [-0.39, 0.29) is 0 Å². The molecule has 0 aliphatic carbocycles. The Balaban J connectivity index is 2.39. The van der Waals surface area contributed by atoms with E-state index in [0.29, 0.717) is 12.1 Å². The van der Waals surface area contributed by atoms with Gasteiger partial charge in [0.1, 0.15) is 0 Å². The smallest absolute Gasteiger partial charge is 0.0195 e. The molecule has 3 unspecified atom stereocenters. The van der Waals surface area contributed by atoms with Crippen molar-refractivity contribution < 1.29 is 0 Å². The summed E-state index contributed by atoms with van der Waals surface area (Å²) in [4.78, 5) is 2.76. The van der Waals surface area contributed by atoms with E-state index >= 15 is 0 Å². The summed E-state index contributed by atoms with van der Waals surface area (Å²) in [5.41, 5.74) is 0. The van der Waals surface area contributed by atoms with Crippen LogP contribution in [-0.4, -0.2) is 36.1 Å². The van der Waals surface area contributed by atoms with Crippen LogP contribution in [0.4, 0.5) is 0 Å². The summed E-state index contributed by atoms with van der Waals surface area (Å²) in [7, 11) is 0. The average Bonchev–Trinajstić information content (AvgIpc) is 2.61. The van der Waals surface area contributed by atoms with Crippen LogP contribution in [0.2, 0.25) is 0 Å². The molecule has 2 nitrogen and oxygen atoms in total. The highest BCUT2D eigenvalue weighted by Gasteiger charge is 2.23. The van der Waals surface area contributed by atoms with Gasteiger partial charge in [0.15, 0.2) is 0 Å². The maximum atomic E-state index is 3.70. The summed E-state index contributed by atoms with van der Waals surface area (Å²) in [5, 5.41) is 3.70. The maximum absolute atomic E-state index is 3.70. The molecule has 0 saturated carbocycles. The van der Waals surface area contributed by atoms with Gasteiger partial charge in [-0.05, 0) is 46.1 Å². The summed E-state index contributed by atoms with van der Waals surface area (Å²) in [6.45, 7) is 11.8. The fourth-order valence-corrected chi connectivity index (χ4v) is 3.24. The molecule has 1 saturated heterocycles. The number of likely N-dealkylation sites (tertiary alicyclic amines) is 1. The Morgan fingerprint density at radius 2 is 1.94 bits per heavy atom. The zero-order valence-electron chi connectivity index (χ0n) is 13.0. The minimum absolute atomic E-state index is 0.671. The van der Waals surface area contributed by atoms with Crippen molar-refractivity contribution in [3.63, 3.8) is 0 Å². The van der Waals surface area contributed by atoms with Gasteiger partial charge in [0.05, 0.1) is 0 Å². The van der Waals surface area contributed by atoms with Gasteiger partial charge in [0, 0.05) is 24.7 Å². The Labute approximate surface area is 115 Å². The van der Waals surface area contributed by atoms with Crippen molar-refractivity contribution in [3.05, 3.63) is 0 Å². The van der Waals surface area contributed by atoms with E-state index in [1.54, 1.807) is 0 Å². The molecule has 18 heavy (non-hydrogen) atoms. The Kier molecular flexibility index (Phi) is 7.92. The van der Waals surface area contributed by atoms with Crippen molar-refractivity contribution in [2.45, 2.75) is 90.8 Å². The largest absolute Gasteiger partial charge is 0.313 e. The second-order valence-electron chi connectivity index (χ2n) is 6.10. The van der Waals surface area contributed by atoms with Crippen LogP contribution < -0.4 is 5.32 Å². The van der Waals surface area contributed by atoms with Crippen LogP contribution in [0.25, 0.3) is 0 Å². The van der Waals surface area contributed by atoms with E-state index in [4.69, 9.17) is 0 Å². The van der Waals surface area contributed by atoms with Crippen molar-refractivity contribution in [2.24, 2.45) is 0 Å². The number of hydrogen-bond donors (Lipinski definition) is 1. The first-order valence-corrected chi connectivity index (χ1v) is 8.18. The van der Waals surface area contributed by atoms with Gasteiger partial charge in [0.25, 0.3) is 0 Å². The molecule has 2 heteroatoms. The number of rotatable bonds is 7. The lowest BCUT2D eigenvalue weighted by Gasteiger charge is -2.35. The lowest BCUT2D eigenvalue weighted by molar-refractivity contribution is 0.138. The Bertz CT molecular complexity index is 205. The summed E-state index contributed by atoms with van der Waals surface area (Å²) in [6.07, 6.45) is 9.56. The highest BCUT2D eigenvalue weighted by atomic mass is 15.2. The lowest BCUT2D eigenvalue weighted by Crippen LogP contribution is -2.47. The third-order valence-corrected chi connectivity index (χ3v) is 4.44. The zero-order chi connectivity index (χ0) is 13.4. The first-order chi connectivity index (χ1) is 8.69. The zero-order valence-corrected chi connectivity index (χ0v) is 13.0. The molecule has 1 rings (SSSR count). The quantitative estimate of drug-likeness (QED) is 0.743. The fourth-order valence-electron chi connectivity index (χ4n) is 3.24. The summed E-state index contributed by atoms with van der Waals surface area (Å²) >= 11 is 0. The van der Waals surface area contributed by atoms with Crippen LogP contribution in [0, 0.1) is 0 Å². The molecule has 0 radical (unpaired) electrons. The van der Waals surface area contributed by atoms with Gasteiger partial charge in [-0.2, -0.15) is 0 Å². The lowest BCUT2D eigenvalue weighted by atomic mass is 10.1. The molecule has 1 fully saturated rings. The standard InChI is InChI=1S/C16H34N2/c1-5-10-14(3)17-13-15(4)18-12-9-7-8-11-16(18)6-2/h14-17H,5-13H2,1-4H3. The van der Waals surface area contributed by atoms with Gasteiger partial charge < -0.3 is 5.32 Å². The van der Waals surface area contributed by atoms with Crippen LogP contribution in [0.3, 0.4) is 0 Å². The van der Waals surface area contributed by atoms with Crippen LogP contribution in [0.1, 0.15) is 72.6 Å². The first-order valence-electron chi connectivity index (χ1n) is 8.18. The molecular weight excluding hydrogens is 220 g/mol. The predicted molar refractivity (Wildman–Crippen MR) is 81.1 cm³/mol. The minimum Gasteiger partial charge on any atom is -0.313 e. The highest BCUT2D eigenvalue weighted by Crippen LogP contribution is 2.21. The van der Waals surface area contributed by atoms with E-state index < -0.39 is 0 Å². The Morgan fingerprint density at radius 3 is 2.61 bits per heavy atom. The number of nitrogens with one attached hydrogen (secondary N) is 1. The molecule has 1 aliphatic rings. The summed E-state index contributed by atoms with van der Waals surface area (Å²) in [5.74, 6) is 0. The normalized spacial score (nSPS) is 25.7. The molecule has 3 atom stereocenters. The predicted octanol–water partition coefficient (Wildman–Crippen LogP) is 3.81. The average molecular weight is 254 g/mol. The Morgan fingerprint density at radius 1 is 1.17 bits per heavy atom. The minimum atomic E-state index is 0.671. The highest BCUT2D eigenvalue weighted by molar-refractivity contribution is 4.80. The molecular formula is C16H34N2. The molecule has 0 aromatic rings. The molecule has 108 valence electrons. The molecule has 0 amide bonds. The molecule has 0 aromatic carbocycles. The van der Waals surface area contributed by atoms with Gasteiger partial charge >= 0.3 is 0 Å². The SMILES string of the molecule is CCCC(C)NCC(C)N1CCCCCC1CC. The van der Waals surface area contributed by atoms with E-state index in [2.05, 4.69) is 37.9 Å². The van der Waals surface area contributed by atoms with E-state index in [1.165, 1.54) is 51.5 Å².